The van der Waals surface area contributed by atoms with Gasteiger partial charge in [-0.15, -0.1) is 0 Å². The summed E-state index contributed by atoms with van der Waals surface area (Å²) in [5.41, 5.74) is 1.96. The average molecular weight is 401 g/mol. The summed E-state index contributed by atoms with van der Waals surface area (Å²) in [6.45, 7) is 2.11. The number of amides is 1. The number of halogens is 2. The van der Waals surface area contributed by atoms with Crippen LogP contribution in [0, 0.1) is 12.7 Å². The SMILES string of the molecule is Cc1cc(Cl)cc2sc(N(Cc3ccco3)C(=O)c3cccc(F)c3)nc12. The summed E-state index contributed by atoms with van der Waals surface area (Å²) >= 11 is 7.50. The molecule has 0 unspecified atom stereocenters. The van der Waals surface area contributed by atoms with Crippen LogP contribution in [0.3, 0.4) is 0 Å². The van der Waals surface area contributed by atoms with Crippen molar-refractivity contribution in [3.63, 3.8) is 0 Å². The van der Waals surface area contributed by atoms with Crippen molar-refractivity contribution in [3.8, 4) is 0 Å². The molecule has 0 aliphatic heterocycles. The lowest BCUT2D eigenvalue weighted by molar-refractivity contribution is 0.0983. The molecule has 0 fully saturated rings. The first-order valence-electron chi connectivity index (χ1n) is 8.18. The zero-order chi connectivity index (χ0) is 19.0. The Morgan fingerprint density at radius 1 is 1.26 bits per heavy atom. The number of rotatable bonds is 4. The molecule has 2 aromatic heterocycles. The van der Waals surface area contributed by atoms with Gasteiger partial charge < -0.3 is 4.42 Å². The van der Waals surface area contributed by atoms with Crippen molar-refractivity contribution in [3.05, 3.63) is 82.5 Å². The third kappa shape index (κ3) is 3.59. The van der Waals surface area contributed by atoms with Crippen molar-refractivity contribution in [2.24, 2.45) is 0 Å². The number of fused-ring (bicyclic) bond motifs is 1. The minimum Gasteiger partial charge on any atom is -0.467 e. The fraction of sp³-hybridized carbons (Fsp3) is 0.100. The molecule has 2 aromatic carbocycles. The molecule has 0 atom stereocenters. The number of aromatic nitrogens is 1. The summed E-state index contributed by atoms with van der Waals surface area (Å²) in [5, 5.41) is 1.12. The average Bonchev–Trinajstić information content (AvgIpc) is 3.28. The van der Waals surface area contributed by atoms with E-state index in [1.54, 1.807) is 24.5 Å². The van der Waals surface area contributed by atoms with Crippen molar-refractivity contribution < 1.29 is 13.6 Å². The molecule has 0 aliphatic carbocycles. The third-order valence-corrected chi connectivity index (χ3v) is 5.32. The predicted octanol–water partition coefficient (Wildman–Crippen LogP) is 5.84. The molecule has 0 spiro atoms. The van der Waals surface area contributed by atoms with E-state index in [1.807, 2.05) is 19.1 Å². The third-order valence-electron chi connectivity index (χ3n) is 4.08. The summed E-state index contributed by atoms with van der Waals surface area (Å²) in [4.78, 5) is 19.2. The van der Waals surface area contributed by atoms with Crippen molar-refractivity contribution in [2.75, 3.05) is 4.90 Å². The van der Waals surface area contributed by atoms with Gasteiger partial charge >= 0.3 is 0 Å². The molecule has 0 saturated heterocycles. The summed E-state index contributed by atoms with van der Waals surface area (Å²) in [7, 11) is 0. The number of hydrogen-bond acceptors (Lipinski definition) is 4. The number of thiazole rings is 1. The molecule has 1 amide bonds. The Balaban J connectivity index is 1.80. The molecule has 0 N–H and O–H groups in total. The van der Waals surface area contributed by atoms with Crippen LogP contribution < -0.4 is 4.90 Å². The van der Waals surface area contributed by atoms with Crippen molar-refractivity contribution >= 4 is 44.2 Å². The van der Waals surface area contributed by atoms with Crippen LogP contribution >= 0.6 is 22.9 Å². The summed E-state index contributed by atoms with van der Waals surface area (Å²) in [5.74, 6) is -0.215. The summed E-state index contributed by atoms with van der Waals surface area (Å²) in [6, 6.07) is 12.8. The van der Waals surface area contributed by atoms with Gasteiger partial charge in [0.2, 0.25) is 0 Å². The highest BCUT2D eigenvalue weighted by atomic mass is 35.5. The lowest BCUT2D eigenvalue weighted by Crippen LogP contribution is -2.30. The van der Waals surface area contributed by atoms with E-state index in [0.717, 1.165) is 15.8 Å². The molecule has 4 aromatic rings. The van der Waals surface area contributed by atoms with Crippen LogP contribution in [0.2, 0.25) is 5.02 Å². The predicted molar refractivity (Wildman–Crippen MR) is 105 cm³/mol. The van der Waals surface area contributed by atoms with E-state index in [2.05, 4.69) is 4.98 Å². The summed E-state index contributed by atoms with van der Waals surface area (Å²) in [6.07, 6.45) is 1.54. The molecule has 2 heterocycles. The molecule has 4 rings (SSSR count). The number of benzene rings is 2. The number of furan rings is 1. The minimum absolute atomic E-state index is 0.189. The molecule has 7 heteroatoms. The number of carbonyl (C=O) groups excluding carboxylic acids is 1. The molecule has 0 bridgehead atoms. The van der Waals surface area contributed by atoms with Gasteiger partial charge in [-0.05, 0) is 55.0 Å². The van der Waals surface area contributed by atoms with E-state index in [1.165, 1.54) is 34.4 Å². The smallest absolute Gasteiger partial charge is 0.260 e. The maximum absolute atomic E-state index is 13.6. The number of hydrogen-bond donors (Lipinski definition) is 0. The van der Waals surface area contributed by atoms with Gasteiger partial charge in [-0.25, -0.2) is 9.37 Å². The Hall–Kier alpha value is -2.70. The first-order valence-corrected chi connectivity index (χ1v) is 9.37. The van der Waals surface area contributed by atoms with E-state index < -0.39 is 5.82 Å². The molecule has 0 aliphatic rings. The fourth-order valence-electron chi connectivity index (χ4n) is 2.82. The second kappa shape index (κ2) is 7.13. The van der Waals surface area contributed by atoms with Crippen LogP contribution in [0.25, 0.3) is 10.2 Å². The van der Waals surface area contributed by atoms with Gasteiger partial charge in [0.15, 0.2) is 5.13 Å². The molecular weight excluding hydrogens is 387 g/mol. The van der Waals surface area contributed by atoms with Gasteiger partial charge in [0.25, 0.3) is 5.91 Å². The summed E-state index contributed by atoms with van der Waals surface area (Å²) < 4.78 is 19.9. The highest BCUT2D eigenvalue weighted by Gasteiger charge is 2.23. The standard InChI is InChI=1S/C20H14ClFN2O2S/c1-12-8-14(21)10-17-18(12)23-20(27-17)24(11-16-6-3-7-26-16)19(25)13-4-2-5-15(22)9-13/h2-10H,11H2,1H3. The lowest BCUT2D eigenvalue weighted by Gasteiger charge is -2.18. The highest BCUT2D eigenvalue weighted by Crippen LogP contribution is 2.34. The maximum atomic E-state index is 13.6. The van der Waals surface area contributed by atoms with Crippen LogP contribution in [0.15, 0.2) is 59.2 Å². The Morgan fingerprint density at radius 3 is 2.85 bits per heavy atom. The first-order chi connectivity index (χ1) is 13.0. The Kier molecular flexibility index (Phi) is 4.68. The van der Waals surface area contributed by atoms with E-state index in [-0.39, 0.29) is 18.0 Å². The van der Waals surface area contributed by atoms with Gasteiger partial charge in [0.05, 0.1) is 23.0 Å². The van der Waals surface area contributed by atoms with Gasteiger partial charge in [-0.3, -0.25) is 9.69 Å². The zero-order valence-corrected chi connectivity index (χ0v) is 15.9. The number of anilines is 1. The van der Waals surface area contributed by atoms with Crippen LogP contribution in [0.4, 0.5) is 9.52 Å². The monoisotopic (exact) mass is 400 g/mol. The zero-order valence-electron chi connectivity index (χ0n) is 14.3. The molecule has 136 valence electrons. The Labute approximate surface area is 163 Å². The van der Waals surface area contributed by atoms with Crippen LogP contribution in [0.5, 0.6) is 0 Å². The maximum Gasteiger partial charge on any atom is 0.260 e. The van der Waals surface area contributed by atoms with Crippen molar-refractivity contribution in [2.45, 2.75) is 13.5 Å². The molecule has 4 nitrogen and oxygen atoms in total. The molecule has 27 heavy (non-hydrogen) atoms. The van der Waals surface area contributed by atoms with Gasteiger partial charge in [-0.1, -0.05) is 29.0 Å². The van der Waals surface area contributed by atoms with E-state index >= 15 is 0 Å². The largest absolute Gasteiger partial charge is 0.467 e. The van der Waals surface area contributed by atoms with Gasteiger partial charge in [-0.2, -0.15) is 0 Å². The minimum atomic E-state index is -0.467. The van der Waals surface area contributed by atoms with Crippen LogP contribution in [-0.2, 0) is 6.54 Å². The van der Waals surface area contributed by atoms with Gasteiger partial charge in [0.1, 0.15) is 11.6 Å². The highest BCUT2D eigenvalue weighted by molar-refractivity contribution is 7.22. The van der Waals surface area contributed by atoms with Crippen molar-refractivity contribution in [1.29, 1.82) is 0 Å². The van der Waals surface area contributed by atoms with Crippen LogP contribution in [0.1, 0.15) is 21.7 Å². The molecule has 0 radical (unpaired) electrons. The topological polar surface area (TPSA) is 46.3 Å². The fourth-order valence-corrected chi connectivity index (χ4v) is 4.24. The van der Waals surface area contributed by atoms with E-state index in [4.69, 9.17) is 16.0 Å². The lowest BCUT2D eigenvalue weighted by atomic mass is 10.2. The number of aryl methyl sites for hydroxylation is 1. The Morgan fingerprint density at radius 2 is 2.11 bits per heavy atom. The normalized spacial score (nSPS) is 11.1. The van der Waals surface area contributed by atoms with Gasteiger partial charge in [0, 0.05) is 10.6 Å². The molecular formula is C20H14ClFN2O2S. The number of carbonyl (C=O) groups is 1. The number of nitrogens with zero attached hydrogens (tertiary/aromatic N) is 2. The van der Waals surface area contributed by atoms with E-state index in [0.29, 0.717) is 15.9 Å². The molecule has 0 saturated carbocycles. The second-order valence-corrected chi connectivity index (χ2v) is 7.49. The first kappa shape index (κ1) is 17.7. The van der Waals surface area contributed by atoms with E-state index in [9.17, 15) is 9.18 Å². The second-order valence-electron chi connectivity index (χ2n) is 6.05. The Bertz CT molecular complexity index is 1120. The van der Waals surface area contributed by atoms with Crippen molar-refractivity contribution in [1.82, 2.24) is 4.98 Å². The van der Waals surface area contributed by atoms with Crippen LogP contribution in [-0.4, -0.2) is 10.9 Å². The quantitative estimate of drug-likeness (QED) is 0.432.